The molecule has 1 heterocycles. The first kappa shape index (κ1) is 18.0. The highest BCUT2D eigenvalue weighted by Gasteiger charge is 2.44. The fourth-order valence-electron chi connectivity index (χ4n) is 2.85. The Kier molecular flexibility index (Phi) is 5.26. The van der Waals surface area contributed by atoms with Crippen molar-refractivity contribution in [2.45, 2.75) is 45.8 Å². The average Bonchev–Trinajstić information content (AvgIpc) is 2.51. The minimum absolute atomic E-state index is 0.00119. The molecule has 0 radical (unpaired) electrons. The van der Waals surface area contributed by atoms with Gasteiger partial charge in [0.15, 0.2) is 5.60 Å². The first-order valence-corrected chi connectivity index (χ1v) is 8.17. The lowest BCUT2D eigenvalue weighted by atomic mass is 9.89. The smallest absolute Gasteiger partial charge is 0.339 e. The lowest BCUT2D eigenvalue weighted by Gasteiger charge is -2.36. The van der Waals surface area contributed by atoms with E-state index in [0.29, 0.717) is 18.5 Å². The first-order valence-electron chi connectivity index (χ1n) is 8.17. The Balaban J connectivity index is 2.18. The van der Waals surface area contributed by atoms with Crippen LogP contribution >= 0.6 is 0 Å². The fraction of sp³-hybridized carbons (Fsp3) is 0.500. The van der Waals surface area contributed by atoms with Crippen molar-refractivity contribution in [1.82, 2.24) is 10.2 Å². The van der Waals surface area contributed by atoms with Crippen LogP contribution in [0.25, 0.3) is 0 Å². The molecule has 0 aromatic heterocycles. The maximum Gasteiger partial charge on any atom is 0.339 e. The Morgan fingerprint density at radius 1 is 1.33 bits per heavy atom. The Labute approximate surface area is 142 Å². The summed E-state index contributed by atoms with van der Waals surface area (Å²) in [5, 5.41) is 2.76. The van der Waals surface area contributed by atoms with Crippen LogP contribution in [-0.4, -0.2) is 47.4 Å². The van der Waals surface area contributed by atoms with Crippen molar-refractivity contribution >= 4 is 17.8 Å². The zero-order chi connectivity index (χ0) is 17.9. The van der Waals surface area contributed by atoms with Crippen molar-refractivity contribution in [3.05, 3.63) is 35.4 Å². The summed E-state index contributed by atoms with van der Waals surface area (Å²) in [5.41, 5.74) is -0.0183. The van der Waals surface area contributed by atoms with E-state index in [1.165, 1.54) is 4.90 Å². The van der Waals surface area contributed by atoms with Gasteiger partial charge in [0.2, 0.25) is 5.91 Å². The number of likely N-dealkylation sites (N-methyl/N-ethyl adjacent to an activating group) is 1. The zero-order valence-corrected chi connectivity index (χ0v) is 14.6. The number of esters is 1. The van der Waals surface area contributed by atoms with Gasteiger partial charge in [0.25, 0.3) is 5.91 Å². The Hall–Kier alpha value is -2.37. The van der Waals surface area contributed by atoms with Crippen LogP contribution < -0.4 is 5.32 Å². The van der Waals surface area contributed by atoms with Crippen molar-refractivity contribution in [2.75, 3.05) is 13.1 Å². The number of fused-ring (bicyclic) bond motifs is 1. The third kappa shape index (κ3) is 3.75. The molecule has 1 aliphatic heterocycles. The van der Waals surface area contributed by atoms with Gasteiger partial charge in [-0.2, -0.15) is 0 Å². The number of nitrogens with zero attached hydrogens (tertiary/aromatic N) is 1. The number of nitrogens with one attached hydrogen (secondary N) is 1. The van der Waals surface area contributed by atoms with E-state index in [9.17, 15) is 14.4 Å². The van der Waals surface area contributed by atoms with Crippen LogP contribution in [0.3, 0.4) is 0 Å². The molecule has 2 rings (SSSR count). The number of benzene rings is 1. The number of hydrogen-bond acceptors (Lipinski definition) is 4. The summed E-state index contributed by atoms with van der Waals surface area (Å²) in [6.45, 7) is 7.42. The highest BCUT2D eigenvalue weighted by Crippen LogP contribution is 2.29. The van der Waals surface area contributed by atoms with E-state index >= 15 is 0 Å². The number of ether oxygens (including phenoxy) is 1. The van der Waals surface area contributed by atoms with Crippen LogP contribution in [0.2, 0.25) is 0 Å². The van der Waals surface area contributed by atoms with Gasteiger partial charge in [0.1, 0.15) is 0 Å². The van der Waals surface area contributed by atoms with E-state index in [-0.39, 0.29) is 24.4 Å². The van der Waals surface area contributed by atoms with E-state index in [2.05, 4.69) is 5.32 Å². The molecule has 1 unspecified atom stereocenters. The quantitative estimate of drug-likeness (QED) is 0.830. The number of cyclic esters (lactones) is 1. The number of carbonyl (C=O) groups excluding carboxylic acids is 3. The highest BCUT2D eigenvalue weighted by atomic mass is 16.6. The van der Waals surface area contributed by atoms with Crippen LogP contribution in [0.15, 0.2) is 24.3 Å². The van der Waals surface area contributed by atoms with Gasteiger partial charge in [-0.3, -0.25) is 9.59 Å². The Bertz CT molecular complexity index is 656. The minimum Gasteiger partial charge on any atom is -0.445 e. The minimum atomic E-state index is -1.29. The molecule has 6 heteroatoms. The predicted octanol–water partition coefficient (Wildman–Crippen LogP) is 1.53. The van der Waals surface area contributed by atoms with Crippen molar-refractivity contribution in [2.24, 2.45) is 0 Å². The van der Waals surface area contributed by atoms with Gasteiger partial charge in [-0.15, -0.1) is 0 Å². The molecular formula is C18H24N2O4. The Morgan fingerprint density at radius 2 is 2.00 bits per heavy atom. The first-order chi connectivity index (χ1) is 11.3. The van der Waals surface area contributed by atoms with Gasteiger partial charge in [-0.05, 0) is 39.3 Å². The number of amides is 2. The lowest BCUT2D eigenvalue weighted by molar-refractivity contribution is -0.152. The second-order valence-electron chi connectivity index (χ2n) is 6.50. The van der Waals surface area contributed by atoms with Gasteiger partial charge < -0.3 is 15.0 Å². The molecule has 0 saturated carbocycles. The molecule has 0 saturated heterocycles. The van der Waals surface area contributed by atoms with Gasteiger partial charge in [-0.25, -0.2) is 4.79 Å². The maximum atomic E-state index is 12.9. The van der Waals surface area contributed by atoms with Gasteiger partial charge in [-0.1, -0.05) is 18.2 Å². The molecule has 2 amide bonds. The summed E-state index contributed by atoms with van der Waals surface area (Å²) in [4.78, 5) is 38.5. The zero-order valence-electron chi connectivity index (χ0n) is 14.6. The molecule has 1 aliphatic rings. The van der Waals surface area contributed by atoms with Crippen molar-refractivity contribution in [3.8, 4) is 0 Å². The molecule has 130 valence electrons. The van der Waals surface area contributed by atoms with Crippen molar-refractivity contribution in [1.29, 1.82) is 0 Å². The van der Waals surface area contributed by atoms with Gasteiger partial charge in [0, 0.05) is 19.0 Å². The topological polar surface area (TPSA) is 75.7 Å². The molecule has 0 fully saturated rings. The molecule has 6 nitrogen and oxygen atoms in total. The van der Waals surface area contributed by atoms with Gasteiger partial charge in [0.05, 0.1) is 12.1 Å². The van der Waals surface area contributed by atoms with Crippen molar-refractivity contribution < 1.29 is 19.1 Å². The van der Waals surface area contributed by atoms with Crippen LogP contribution in [0.5, 0.6) is 0 Å². The summed E-state index contributed by atoms with van der Waals surface area (Å²) in [6, 6.07) is 7.11. The number of carbonyl (C=O) groups is 3. The normalized spacial score (nSPS) is 19.5. The van der Waals surface area contributed by atoms with Gasteiger partial charge >= 0.3 is 5.97 Å². The molecule has 0 aliphatic carbocycles. The predicted molar refractivity (Wildman–Crippen MR) is 89.5 cm³/mol. The molecule has 24 heavy (non-hydrogen) atoms. The van der Waals surface area contributed by atoms with E-state index in [1.807, 2.05) is 26.0 Å². The molecule has 1 atom stereocenters. The fourth-order valence-corrected chi connectivity index (χ4v) is 2.85. The summed E-state index contributed by atoms with van der Waals surface area (Å²) in [6.07, 6.45) is 0.302. The summed E-state index contributed by atoms with van der Waals surface area (Å²) in [5.74, 6) is -1.09. The molecule has 0 bridgehead atoms. The maximum absolute atomic E-state index is 12.9. The molecule has 0 spiro atoms. The van der Waals surface area contributed by atoms with E-state index in [0.717, 1.165) is 5.56 Å². The second-order valence-corrected chi connectivity index (χ2v) is 6.50. The van der Waals surface area contributed by atoms with Crippen LogP contribution in [0, 0.1) is 0 Å². The molecule has 1 aromatic carbocycles. The number of rotatable bonds is 5. The number of hydrogen-bond donors (Lipinski definition) is 1. The largest absolute Gasteiger partial charge is 0.445 e. The summed E-state index contributed by atoms with van der Waals surface area (Å²) < 4.78 is 5.45. The van der Waals surface area contributed by atoms with E-state index in [1.54, 1.807) is 26.0 Å². The summed E-state index contributed by atoms with van der Waals surface area (Å²) in [7, 11) is 0. The molecule has 1 N–H and O–H groups in total. The third-order valence-electron chi connectivity index (χ3n) is 3.99. The highest BCUT2D eigenvalue weighted by molar-refractivity contribution is 5.98. The third-order valence-corrected chi connectivity index (χ3v) is 3.99. The summed E-state index contributed by atoms with van der Waals surface area (Å²) >= 11 is 0. The van der Waals surface area contributed by atoms with Crippen LogP contribution in [0.1, 0.15) is 43.6 Å². The van der Waals surface area contributed by atoms with Crippen molar-refractivity contribution in [3.63, 3.8) is 0 Å². The second kappa shape index (κ2) is 7.03. The molecule has 1 aromatic rings. The van der Waals surface area contributed by atoms with Crippen LogP contribution in [0.4, 0.5) is 0 Å². The lowest BCUT2D eigenvalue weighted by Crippen LogP contribution is -2.55. The van der Waals surface area contributed by atoms with Crippen LogP contribution in [-0.2, 0) is 20.7 Å². The van der Waals surface area contributed by atoms with E-state index < -0.39 is 11.6 Å². The Morgan fingerprint density at radius 3 is 2.62 bits per heavy atom. The SMILES string of the molecule is CCN(CC(=O)NC(C)C)C(=O)C1(C)Cc2ccccc2C(=O)O1. The standard InChI is InChI=1S/C18H24N2O4/c1-5-20(11-15(21)19-12(2)3)17(23)18(4)10-13-8-6-7-9-14(13)16(22)24-18/h6-9,12H,5,10-11H2,1-4H3,(H,19,21). The molecular weight excluding hydrogens is 308 g/mol. The monoisotopic (exact) mass is 332 g/mol. The average molecular weight is 332 g/mol. The van der Waals surface area contributed by atoms with E-state index in [4.69, 9.17) is 4.74 Å².